The third kappa shape index (κ3) is 3.47. The maximum atomic E-state index is 9.17. The molecule has 0 unspecified atom stereocenters. The Morgan fingerprint density at radius 3 is 2.59 bits per heavy atom. The van der Waals surface area contributed by atoms with Crippen LogP contribution in [0.5, 0.6) is 5.75 Å². The van der Waals surface area contributed by atoms with E-state index in [0.717, 1.165) is 9.13 Å². The molecule has 0 spiro atoms. The van der Waals surface area contributed by atoms with Crippen molar-refractivity contribution in [2.75, 3.05) is 6.61 Å². The second kappa shape index (κ2) is 5.54. The fourth-order valence-corrected chi connectivity index (χ4v) is 2.18. The summed E-state index contributed by atoms with van der Waals surface area (Å²) in [6, 6.07) is 6.17. The predicted molar refractivity (Wildman–Crippen MR) is 78.3 cm³/mol. The smallest absolute Gasteiger partial charge is 0.150 e. The van der Waals surface area contributed by atoms with Crippen molar-refractivity contribution in [1.82, 2.24) is 0 Å². The summed E-state index contributed by atoms with van der Waals surface area (Å²) in [6.07, 6.45) is 1.68. The van der Waals surface area contributed by atoms with Gasteiger partial charge in [-0.3, -0.25) is 0 Å². The SMILES string of the molecule is C=CCOc1c(I)cc(C(C)(C)C)cc1C#N. The first-order valence-corrected chi connectivity index (χ1v) is 6.46. The number of hydrogen-bond acceptors (Lipinski definition) is 2. The van der Waals surface area contributed by atoms with E-state index in [-0.39, 0.29) is 5.41 Å². The van der Waals surface area contributed by atoms with Crippen molar-refractivity contribution < 1.29 is 4.74 Å². The molecule has 0 aliphatic carbocycles. The summed E-state index contributed by atoms with van der Waals surface area (Å²) >= 11 is 2.20. The quantitative estimate of drug-likeness (QED) is 0.614. The van der Waals surface area contributed by atoms with Crippen LogP contribution in [0.2, 0.25) is 0 Å². The Bertz CT molecular complexity index is 466. The molecule has 3 heteroatoms. The normalized spacial score (nSPS) is 10.8. The molecular weight excluding hydrogens is 325 g/mol. The minimum atomic E-state index is 0.0302. The van der Waals surface area contributed by atoms with E-state index in [1.807, 2.05) is 6.07 Å². The van der Waals surface area contributed by atoms with E-state index < -0.39 is 0 Å². The van der Waals surface area contributed by atoms with Crippen molar-refractivity contribution >= 4 is 22.6 Å². The molecule has 1 aromatic rings. The molecule has 0 aliphatic rings. The average Bonchev–Trinajstić information content (AvgIpc) is 2.25. The van der Waals surface area contributed by atoms with Crippen LogP contribution in [0, 0.1) is 14.9 Å². The van der Waals surface area contributed by atoms with E-state index in [0.29, 0.717) is 17.9 Å². The van der Waals surface area contributed by atoms with Crippen LogP contribution in [0.25, 0.3) is 0 Å². The molecule has 90 valence electrons. The van der Waals surface area contributed by atoms with Crippen LogP contribution < -0.4 is 4.74 Å². The fraction of sp³-hybridized carbons (Fsp3) is 0.357. The van der Waals surface area contributed by atoms with Crippen LogP contribution in [0.3, 0.4) is 0 Å². The van der Waals surface area contributed by atoms with E-state index >= 15 is 0 Å². The van der Waals surface area contributed by atoms with E-state index in [9.17, 15) is 5.26 Å². The topological polar surface area (TPSA) is 33.0 Å². The monoisotopic (exact) mass is 341 g/mol. The first-order chi connectivity index (χ1) is 7.90. The van der Waals surface area contributed by atoms with Crippen molar-refractivity contribution in [3.8, 4) is 11.8 Å². The first-order valence-electron chi connectivity index (χ1n) is 5.38. The lowest BCUT2D eigenvalue weighted by atomic mass is 9.86. The lowest BCUT2D eigenvalue weighted by Crippen LogP contribution is -2.12. The molecule has 17 heavy (non-hydrogen) atoms. The van der Waals surface area contributed by atoms with E-state index in [1.165, 1.54) is 0 Å². The first kappa shape index (κ1) is 14.0. The lowest BCUT2D eigenvalue weighted by Gasteiger charge is -2.21. The molecule has 1 aromatic carbocycles. The fourth-order valence-electron chi connectivity index (χ4n) is 1.40. The highest BCUT2D eigenvalue weighted by molar-refractivity contribution is 14.1. The summed E-state index contributed by atoms with van der Waals surface area (Å²) in [4.78, 5) is 0. The van der Waals surface area contributed by atoms with Crippen LogP contribution in [0.15, 0.2) is 24.8 Å². The van der Waals surface area contributed by atoms with Gasteiger partial charge in [0, 0.05) is 0 Å². The summed E-state index contributed by atoms with van der Waals surface area (Å²) in [6.45, 7) is 10.4. The van der Waals surface area contributed by atoms with Gasteiger partial charge in [-0.05, 0) is 45.7 Å². The molecule has 2 nitrogen and oxygen atoms in total. The van der Waals surface area contributed by atoms with Crippen molar-refractivity contribution in [1.29, 1.82) is 5.26 Å². The van der Waals surface area contributed by atoms with Gasteiger partial charge in [0.05, 0.1) is 9.13 Å². The van der Waals surface area contributed by atoms with Crippen molar-refractivity contribution in [3.05, 3.63) is 39.5 Å². The van der Waals surface area contributed by atoms with Gasteiger partial charge in [0.25, 0.3) is 0 Å². The highest BCUT2D eigenvalue weighted by atomic mass is 127. The van der Waals surface area contributed by atoms with Crippen LogP contribution in [-0.4, -0.2) is 6.61 Å². The van der Waals surface area contributed by atoms with Gasteiger partial charge in [0.1, 0.15) is 12.7 Å². The number of ether oxygens (including phenoxy) is 1. The third-order valence-electron chi connectivity index (χ3n) is 2.38. The molecule has 0 aromatic heterocycles. The molecule has 0 fully saturated rings. The standard InChI is InChI=1S/C14H16INO/c1-5-6-17-13-10(9-16)7-11(8-12(13)15)14(2,3)4/h5,7-8H,1,6H2,2-4H3. The van der Waals surface area contributed by atoms with Crippen LogP contribution >= 0.6 is 22.6 Å². The number of rotatable bonds is 3. The van der Waals surface area contributed by atoms with Gasteiger partial charge >= 0.3 is 0 Å². The summed E-state index contributed by atoms with van der Waals surface area (Å²) < 4.78 is 6.49. The van der Waals surface area contributed by atoms with Gasteiger partial charge in [-0.25, -0.2) is 0 Å². The number of nitrogens with zero attached hydrogens (tertiary/aromatic N) is 1. The molecule has 1 rings (SSSR count). The Morgan fingerprint density at radius 2 is 2.12 bits per heavy atom. The van der Waals surface area contributed by atoms with Gasteiger partial charge in [0.15, 0.2) is 5.75 Å². The van der Waals surface area contributed by atoms with E-state index in [1.54, 1.807) is 6.08 Å². The molecule has 0 bridgehead atoms. The van der Waals surface area contributed by atoms with Crippen LogP contribution in [-0.2, 0) is 5.41 Å². The van der Waals surface area contributed by atoms with Gasteiger partial charge in [-0.2, -0.15) is 5.26 Å². The zero-order valence-corrected chi connectivity index (χ0v) is 12.5. The van der Waals surface area contributed by atoms with Crippen molar-refractivity contribution in [2.45, 2.75) is 26.2 Å². The molecule has 0 atom stereocenters. The Labute approximate surface area is 116 Å². The average molecular weight is 341 g/mol. The second-order valence-electron chi connectivity index (χ2n) is 4.80. The van der Waals surface area contributed by atoms with Gasteiger partial charge in [-0.1, -0.05) is 33.4 Å². The van der Waals surface area contributed by atoms with E-state index in [4.69, 9.17) is 4.74 Å². The minimum Gasteiger partial charge on any atom is -0.487 e. The maximum absolute atomic E-state index is 9.17. The summed E-state index contributed by atoms with van der Waals surface area (Å²) in [5, 5.41) is 9.17. The number of halogens is 1. The minimum absolute atomic E-state index is 0.0302. The van der Waals surface area contributed by atoms with Crippen molar-refractivity contribution in [3.63, 3.8) is 0 Å². The molecule has 0 aliphatic heterocycles. The zero-order valence-electron chi connectivity index (χ0n) is 10.4. The molecular formula is C14H16INO. The highest BCUT2D eigenvalue weighted by Crippen LogP contribution is 2.32. The highest BCUT2D eigenvalue weighted by Gasteiger charge is 2.18. The maximum Gasteiger partial charge on any atom is 0.150 e. The predicted octanol–water partition coefficient (Wildman–Crippen LogP) is 4.03. The largest absolute Gasteiger partial charge is 0.487 e. The number of benzene rings is 1. The molecule has 0 radical (unpaired) electrons. The summed E-state index contributed by atoms with van der Waals surface area (Å²) in [5.41, 5.74) is 1.76. The Balaban J connectivity index is 3.27. The zero-order chi connectivity index (χ0) is 13.1. The third-order valence-corrected chi connectivity index (χ3v) is 3.18. The number of hydrogen-bond donors (Lipinski definition) is 0. The van der Waals surface area contributed by atoms with Gasteiger partial charge in [-0.15, -0.1) is 0 Å². The molecule has 0 saturated heterocycles. The molecule has 0 N–H and O–H groups in total. The van der Waals surface area contributed by atoms with Crippen molar-refractivity contribution in [2.24, 2.45) is 0 Å². The number of nitriles is 1. The Morgan fingerprint density at radius 1 is 1.47 bits per heavy atom. The van der Waals surface area contributed by atoms with Gasteiger partial charge < -0.3 is 4.74 Å². The van der Waals surface area contributed by atoms with Gasteiger partial charge in [0.2, 0.25) is 0 Å². The lowest BCUT2D eigenvalue weighted by molar-refractivity contribution is 0.359. The van der Waals surface area contributed by atoms with Crippen LogP contribution in [0.4, 0.5) is 0 Å². The summed E-state index contributed by atoms with van der Waals surface area (Å²) in [7, 11) is 0. The Kier molecular flexibility index (Phi) is 4.58. The molecule has 0 saturated carbocycles. The van der Waals surface area contributed by atoms with E-state index in [2.05, 4.69) is 62.1 Å². The van der Waals surface area contributed by atoms with Crippen LogP contribution in [0.1, 0.15) is 31.9 Å². The summed E-state index contributed by atoms with van der Waals surface area (Å²) in [5.74, 6) is 0.654. The second-order valence-corrected chi connectivity index (χ2v) is 5.96. The molecule has 0 amide bonds. The molecule has 0 heterocycles. The Hall–Kier alpha value is -1.02.